The minimum atomic E-state index is -0.413. The maximum absolute atomic E-state index is 11.8. The zero-order chi connectivity index (χ0) is 13.9. The number of hydrogen-bond donors (Lipinski definition) is 0. The average Bonchev–Trinajstić information content (AvgIpc) is 2.84. The zero-order valence-corrected chi connectivity index (χ0v) is 11.0. The first-order valence-corrected chi connectivity index (χ1v) is 6.37. The number of hydrogen-bond acceptors (Lipinski definition) is 3. The van der Waals surface area contributed by atoms with Gasteiger partial charge in [-0.25, -0.2) is 9.79 Å². The Morgan fingerprint density at radius 3 is 2.40 bits per heavy atom. The van der Waals surface area contributed by atoms with Gasteiger partial charge in [-0.15, -0.1) is 0 Å². The fourth-order valence-corrected chi connectivity index (χ4v) is 1.93. The second kappa shape index (κ2) is 5.13. The molecule has 2 aromatic rings. The molecule has 2 aromatic carbocycles. The van der Waals surface area contributed by atoms with Gasteiger partial charge < -0.3 is 4.74 Å². The first-order chi connectivity index (χ1) is 9.72. The smallest absolute Gasteiger partial charge is 0.363 e. The third kappa shape index (κ3) is 2.52. The summed E-state index contributed by atoms with van der Waals surface area (Å²) in [5.74, 6) is -0.0570. The van der Waals surface area contributed by atoms with Crippen molar-refractivity contribution in [1.82, 2.24) is 0 Å². The molecule has 0 N–H and O–H groups in total. The van der Waals surface area contributed by atoms with E-state index in [9.17, 15) is 4.79 Å². The van der Waals surface area contributed by atoms with E-state index in [1.807, 2.05) is 61.5 Å². The lowest BCUT2D eigenvalue weighted by Crippen LogP contribution is -2.04. The molecule has 98 valence electrons. The van der Waals surface area contributed by atoms with Crippen molar-refractivity contribution in [3.63, 3.8) is 0 Å². The van der Waals surface area contributed by atoms with Crippen LogP contribution in [0.4, 0.5) is 0 Å². The van der Waals surface area contributed by atoms with Crippen LogP contribution in [0.2, 0.25) is 0 Å². The SMILES string of the molecule is Cc1ccc(/C=C2/N=C(c3ccccc3)OC2=O)cc1. The molecule has 0 spiro atoms. The van der Waals surface area contributed by atoms with Crippen LogP contribution in [0, 0.1) is 6.92 Å². The molecular formula is C17H13NO2. The number of nitrogens with zero attached hydrogens (tertiary/aromatic N) is 1. The number of esters is 1. The van der Waals surface area contributed by atoms with E-state index in [0.29, 0.717) is 11.6 Å². The van der Waals surface area contributed by atoms with Crippen LogP contribution in [0.25, 0.3) is 6.08 Å². The predicted molar refractivity (Wildman–Crippen MR) is 78.2 cm³/mol. The van der Waals surface area contributed by atoms with Crippen molar-refractivity contribution in [2.24, 2.45) is 4.99 Å². The highest BCUT2D eigenvalue weighted by molar-refractivity contribution is 6.12. The van der Waals surface area contributed by atoms with Crippen molar-refractivity contribution in [3.05, 3.63) is 77.0 Å². The molecule has 0 amide bonds. The Morgan fingerprint density at radius 2 is 1.70 bits per heavy atom. The minimum absolute atomic E-state index is 0.327. The van der Waals surface area contributed by atoms with Gasteiger partial charge in [-0.2, -0.15) is 0 Å². The monoisotopic (exact) mass is 263 g/mol. The van der Waals surface area contributed by atoms with Gasteiger partial charge >= 0.3 is 5.97 Å². The largest absolute Gasteiger partial charge is 0.402 e. The Balaban J connectivity index is 1.92. The van der Waals surface area contributed by atoms with E-state index in [1.165, 1.54) is 5.56 Å². The lowest BCUT2D eigenvalue weighted by Gasteiger charge is -1.97. The molecule has 3 heteroatoms. The van der Waals surface area contributed by atoms with Crippen molar-refractivity contribution in [2.45, 2.75) is 6.92 Å². The van der Waals surface area contributed by atoms with E-state index in [4.69, 9.17) is 4.74 Å². The summed E-state index contributed by atoms with van der Waals surface area (Å²) < 4.78 is 5.20. The standard InChI is InChI=1S/C17H13NO2/c1-12-7-9-13(10-8-12)11-15-17(19)20-16(18-15)14-5-3-2-4-6-14/h2-11H,1H3/b15-11+. The highest BCUT2D eigenvalue weighted by atomic mass is 16.6. The Labute approximate surface area is 117 Å². The maximum Gasteiger partial charge on any atom is 0.363 e. The van der Waals surface area contributed by atoms with E-state index in [-0.39, 0.29) is 0 Å². The lowest BCUT2D eigenvalue weighted by atomic mass is 10.1. The van der Waals surface area contributed by atoms with Crippen LogP contribution in [0.5, 0.6) is 0 Å². The molecule has 0 fully saturated rings. The molecule has 0 unspecified atom stereocenters. The molecule has 1 aliphatic heterocycles. The first kappa shape index (κ1) is 12.4. The number of aliphatic imine (C=N–C) groups is 1. The normalized spacial score (nSPS) is 16.1. The summed E-state index contributed by atoms with van der Waals surface area (Å²) in [6.45, 7) is 2.02. The lowest BCUT2D eigenvalue weighted by molar-refractivity contribution is -0.129. The summed E-state index contributed by atoms with van der Waals surface area (Å²) in [6.07, 6.45) is 1.73. The molecule has 0 aromatic heterocycles. The predicted octanol–water partition coefficient (Wildman–Crippen LogP) is 3.34. The Morgan fingerprint density at radius 1 is 1.00 bits per heavy atom. The van der Waals surface area contributed by atoms with Crippen LogP contribution >= 0.6 is 0 Å². The van der Waals surface area contributed by atoms with Crippen molar-refractivity contribution in [2.75, 3.05) is 0 Å². The van der Waals surface area contributed by atoms with Gasteiger partial charge in [0.15, 0.2) is 5.70 Å². The van der Waals surface area contributed by atoms with E-state index < -0.39 is 5.97 Å². The first-order valence-electron chi connectivity index (χ1n) is 6.37. The van der Waals surface area contributed by atoms with Crippen molar-refractivity contribution >= 4 is 17.9 Å². The Hall–Kier alpha value is -2.68. The Bertz CT molecular complexity index is 698. The summed E-state index contributed by atoms with van der Waals surface area (Å²) in [7, 11) is 0. The zero-order valence-electron chi connectivity index (χ0n) is 11.0. The van der Waals surface area contributed by atoms with Crippen molar-refractivity contribution in [1.29, 1.82) is 0 Å². The van der Waals surface area contributed by atoms with Gasteiger partial charge in [0.1, 0.15) is 0 Å². The third-order valence-electron chi connectivity index (χ3n) is 3.02. The van der Waals surface area contributed by atoms with Crippen LogP contribution in [-0.4, -0.2) is 11.9 Å². The summed E-state index contributed by atoms with van der Waals surface area (Å²) in [6, 6.07) is 17.3. The quantitative estimate of drug-likeness (QED) is 0.615. The summed E-state index contributed by atoms with van der Waals surface area (Å²) >= 11 is 0. The average molecular weight is 263 g/mol. The molecular weight excluding hydrogens is 250 g/mol. The van der Waals surface area contributed by atoms with Crippen molar-refractivity contribution in [3.8, 4) is 0 Å². The van der Waals surface area contributed by atoms with Crippen LogP contribution in [0.15, 0.2) is 65.3 Å². The van der Waals surface area contributed by atoms with Crippen LogP contribution in [0.3, 0.4) is 0 Å². The number of carbonyl (C=O) groups excluding carboxylic acids is 1. The molecule has 0 radical (unpaired) electrons. The fourth-order valence-electron chi connectivity index (χ4n) is 1.93. The van der Waals surface area contributed by atoms with Gasteiger partial charge in [-0.05, 0) is 30.7 Å². The number of carbonyl (C=O) groups is 1. The molecule has 3 nitrogen and oxygen atoms in total. The molecule has 1 heterocycles. The van der Waals surface area contributed by atoms with E-state index in [1.54, 1.807) is 6.08 Å². The highest BCUT2D eigenvalue weighted by Gasteiger charge is 2.23. The highest BCUT2D eigenvalue weighted by Crippen LogP contribution is 2.19. The number of rotatable bonds is 2. The number of benzene rings is 2. The molecule has 3 rings (SSSR count). The molecule has 0 bridgehead atoms. The molecule has 1 aliphatic rings. The molecule has 20 heavy (non-hydrogen) atoms. The topological polar surface area (TPSA) is 38.7 Å². The second-order valence-corrected chi connectivity index (χ2v) is 4.61. The number of aryl methyl sites for hydroxylation is 1. The van der Waals surface area contributed by atoms with Gasteiger partial charge in [0.05, 0.1) is 0 Å². The van der Waals surface area contributed by atoms with Crippen LogP contribution < -0.4 is 0 Å². The number of ether oxygens (including phenoxy) is 1. The maximum atomic E-state index is 11.8. The van der Waals surface area contributed by atoms with Gasteiger partial charge in [0.25, 0.3) is 0 Å². The van der Waals surface area contributed by atoms with Gasteiger partial charge in [-0.1, -0.05) is 48.0 Å². The van der Waals surface area contributed by atoms with E-state index >= 15 is 0 Å². The minimum Gasteiger partial charge on any atom is -0.402 e. The Kier molecular flexibility index (Phi) is 3.17. The molecule has 0 atom stereocenters. The van der Waals surface area contributed by atoms with Crippen LogP contribution in [0.1, 0.15) is 16.7 Å². The summed E-state index contributed by atoms with van der Waals surface area (Å²) in [5.41, 5.74) is 3.23. The summed E-state index contributed by atoms with van der Waals surface area (Å²) in [5, 5.41) is 0. The molecule has 0 saturated heterocycles. The van der Waals surface area contributed by atoms with E-state index in [2.05, 4.69) is 4.99 Å². The fraction of sp³-hybridized carbons (Fsp3) is 0.0588. The third-order valence-corrected chi connectivity index (χ3v) is 3.02. The molecule has 0 saturated carbocycles. The van der Waals surface area contributed by atoms with Crippen LogP contribution in [-0.2, 0) is 9.53 Å². The summed E-state index contributed by atoms with van der Waals surface area (Å²) in [4.78, 5) is 16.1. The van der Waals surface area contributed by atoms with Crippen molar-refractivity contribution < 1.29 is 9.53 Å². The molecule has 0 aliphatic carbocycles. The van der Waals surface area contributed by atoms with E-state index in [0.717, 1.165) is 11.1 Å². The second-order valence-electron chi connectivity index (χ2n) is 4.61. The van der Waals surface area contributed by atoms with Gasteiger partial charge in [0, 0.05) is 5.56 Å². The van der Waals surface area contributed by atoms with Gasteiger partial charge in [0.2, 0.25) is 5.90 Å². The van der Waals surface area contributed by atoms with Gasteiger partial charge in [-0.3, -0.25) is 0 Å². The number of cyclic esters (lactones) is 1.